The maximum absolute atomic E-state index is 12.4. The van der Waals surface area contributed by atoms with E-state index in [9.17, 15) is 25.4 Å². The Morgan fingerprint density at radius 3 is 2.41 bits per heavy atom. The van der Waals surface area contributed by atoms with E-state index in [2.05, 4.69) is 5.32 Å². The van der Waals surface area contributed by atoms with Crippen LogP contribution >= 0.6 is 0 Å². The van der Waals surface area contributed by atoms with E-state index in [0.29, 0.717) is 12.0 Å². The second-order valence-corrected chi connectivity index (χ2v) is 6.61. The van der Waals surface area contributed by atoms with Crippen LogP contribution in [0.5, 0.6) is 0 Å². The van der Waals surface area contributed by atoms with Gasteiger partial charge in [-0.15, -0.1) is 0 Å². The Morgan fingerprint density at radius 1 is 1.26 bits per heavy atom. The molecule has 0 radical (unpaired) electrons. The van der Waals surface area contributed by atoms with Crippen LogP contribution in [0.2, 0.25) is 0 Å². The van der Waals surface area contributed by atoms with Gasteiger partial charge in [-0.25, -0.2) is 0 Å². The average molecular weight is 375 g/mol. The predicted molar refractivity (Wildman–Crippen MR) is 99.5 cm³/mol. The number of carbonyl (C=O) groups excluding carboxylic acids is 1. The highest BCUT2D eigenvalue weighted by molar-refractivity contribution is 6.01. The molecule has 1 aromatic rings. The van der Waals surface area contributed by atoms with E-state index in [1.165, 1.54) is 6.08 Å². The lowest BCUT2D eigenvalue weighted by atomic mass is 9.95. The van der Waals surface area contributed by atoms with Crippen LogP contribution in [0.3, 0.4) is 0 Å². The number of amides is 1. The second-order valence-electron chi connectivity index (χ2n) is 6.61. The summed E-state index contributed by atoms with van der Waals surface area (Å²) in [5.41, 5.74) is 1.43. The molecule has 4 N–H and O–H groups in total. The Balaban J connectivity index is 2.13. The fourth-order valence-electron chi connectivity index (χ4n) is 2.85. The van der Waals surface area contributed by atoms with Crippen LogP contribution in [0.1, 0.15) is 18.9 Å². The van der Waals surface area contributed by atoms with E-state index in [-0.39, 0.29) is 5.57 Å². The molecule has 146 valence electrons. The van der Waals surface area contributed by atoms with E-state index >= 15 is 0 Å². The van der Waals surface area contributed by atoms with E-state index in [4.69, 9.17) is 4.74 Å². The summed E-state index contributed by atoms with van der Waals surface area (Å²) in [7, 11) is 3.80. The highest BCUT2D eigenvalue weighted by Crippen LogP contribution is 2.22. The van der Waals surface area contributed by atoms with Crippen LogP contribution in [-0.2, 0) is 9.53 Å². The highest BCUT2D eigenvalue weighted by atomic mass is 16.6. The fourth-order valence-corrected chi connectivity index (χ4v) is 2.85. The molecule has 1 aliphatic heterocycles. The van der Waals surface area contributed by atoms with Crippen molar-refractivity contribution in [2.24, 2.45) is 0 Å². The summed E-state index contributed by atoms with van der Waals surface area (Å²) in [5, 5.41) is 41.9. The highest BCUT2D eigenvalue weighted by Gasteiger charge is 2.43. The Morgan fingerprint density at radius 2 is 1.89 bits per heavy atom. The van der Waals surface area contributed by atoms with E-state index in [1.807, 2.05) is 37.2 Å². The quantitative estimate of drug-likeness (QED) is 0.421. The monoisotopic (exact) mass is 375 g/mol. The molecule has 5 atom stereocenters. The lowest BCUT2D eigenvalue weighted by molar-refractivity contribution is -0.247. The SMILES string of the molecule is CC[C@H]1OC(O)[C@H](NC(=O)/C(C#N)=C/c2ccc(N(C)C)cc2)[C@@H](O)[C@@H]1O. The molecular weight excluding hydrogens is 350 g/mol. The van der Waals surface area contributed by atoms with Crippen molar-refractivity contribution in [2.75, 3.05) is 19.0 Å². The molecule has 0 aliphatic carbocycles. The summed E-state index contributed by atoms with van der Waals surface area (Å²) in [6.45, 7) is 1.74. The molecule has 0 spiro atoms. The summed E-state index contributed by atoms with van der Waals surface area (Å²) >= 11 is 0. The number of aliphatic hydroxyl groups is 3. The number of nitrogens with one attached hydrogen (secondary N) is 1. The van der Waals surface area contributed by atoms with E-state index < -0.39 is 36.6 Å². The van der Waals surface area contributed by atoms with Crippen molar-refractivity contribution in [3.63, 3.8) is 0 Å². The Bertz CT molecular complexity index is 726. The first-order valence-electron chi connectivity index (χ1n) is 8.68. The first-order valence-corrected chi connectivity index (χ1v) is 8.68. The standard InChI is InChI=1S/C19H25N3O5/c1-4-14-16(23)17(24)15(19(26)27-14)21-18(25)12(10-20)9-11-5-7-13(8-6-11)22(2)3/h5-9,14-17,19,23-24,26H,4H2,1-3H3,(H,21,25)/b12-9+/t14-,15-,16-,17-,19?/m1/s1. The third kappa shape index (κ3) is 4.84. The van der Waals surface area contributed by atoms with Gasteiger partial charge in [0.1, 0.15) is 29.9 Å². The molecule has 0 bridgehead atoms. The van der Waals surface area contributed by atoms with E-state index in [0.717, 1.165) is 5.69 Å². The minimum atomic E-state index is -1.49. The molecule has 27 heavy (non-hydrogen) atoms. The summed E-state index contributed by atoms with van der Waals surface area (Å²) in [4.78, 5) is 14.3. The number of ether oxygens (including phenoxy) is 1. The zero-order valence-electron chi connectivity index (χ0n) is 15.5. The zero-order valence-corrected chi connectivity index (χ0v) is 15.5. The lowest BCUT2D eigenvalue weighted by Gasteiger charge is -2.40. The van der Waals surface area contributed by atoms with Crippen molar-refractivity contribution >= 4 is 17.7 Å². The number of carbonyl (C=O) groups is 1. The number of nitrogens with zero attached hydrogens (tertiary/aromatic N) is 2. The van der Waals surface area contributed by atoms with Crippen molar-refractivity contribution in [3.8, 4) is 6.07 Å². The molecule has 0 saturated carbocycles. The Labute approximate surface area is 158 Å². The molecule has 8 nitrogen and oxygen atoms in total. The first kappa shape index (κ1) is 20.9. The normalized spacial score (nSPS) is 28.3. The Hall–Kier alpha value is -2.44. The summed E-state index contributed by atoms with van der Waals surface area (Å²) in [6, 6.07) is 7.80. The minimum Gasteiger partial charge on any atom is -0.388 e. The molecule has 1 aliphatic rings. The molecule has 1 aromatic carbocycles. The number of nitriles is 1. The fraction of sp³-hybridized carbons (Fsp3) is 0.474. The smallest absolute Gasteiger partial charge is 0.262 e. The van der Waals surface area contributed by atoms with Gasteiger partial charge in [0.15, 0.2) is 6.29 Å². The van der Waals surface area contributed by atoms with Crippen LogP contribution in [0.4, 0.5) is 5.69 Å². The van der Waals surface area contributed by atoms with Crippen molar-refractivity contribution in [3.05, 3.63) is 35.4 Å². The van der Waals surface area contributed by atoms with Crippen molar-refractivity contribution in [1.82, 2.24) is 5.32 Å². The van der Waals surface area contributed by atoms with Crippen LogP contribution < -0.4 is 10.2 Å². The van der Waals surface area contributed by atoms with Gasteiger partial charge < -0.3 is 30.3 Å². The van der Waals surface area contributed by atoms with Crippen LogP contribution in [0.15, 0.2) is 29.8 Å². The van der Waals surface area contributed by atoms with Gasteiger partial charge in [-0.3, -0.25) is 4.79 Å². The van der Waals surface area contributed by atoms with Gasteiger partial charge in [0.2, 0.25) is 0 Å². The summed E-state index contributed by atoms with van der Waals surface area (Å²) in [5.74, 6) is -0.775. The topological polar surface area (TPSA) is 126 Å². The molecule has 2 rings (SSSR count). The number of anilines is 1. The van der Waals surface area contributed by atoms with Gasteiger partial charge in [0, 0.05) is 19.8 Å². The van der Waals surface area contributed by atoms with Crippen LogP contribution in [0.25, 0.3) is 6.08 Å². The molecule has 1 amide bonds. The number of hydrogen-bond acceptors (Lipinski definition) is 7. The molecule has 1 heterocycles. The van der Waals surface area contributed by atoms with Gasteiger partial charge in [-0.05, 0) is 30.2 Å². The Kier molecular flexibility index (Phi) is 6.93. The third-order valence-corrected chi connectivity index (χ3v) is 4.51. The number of aliphatic hydroxyl groups excluding tert-OH is 3. The second kappa shape index (κ2) is 8.97. The maximum Gasteiger partial charge on any atom is 0.262 e. The van der Waals surface area contributed by atoms with Crippen molar-refractivity contribution in [2.45, 2.75) is 44.0 Å². The predicted octanol–water partition coefficient (Wildman–Crippen LogP) is -0.00662. The number of benzene rings is 1. The van der Waals surface area contributed by atoms with Crippen LogP contribution in [-0.4, -0.2) is 66.0 Å². The summed E-state index contributed by atoms with van der Waals surface area (Å²) in [6.07, 6.45) is -3.09. The zero-order chi connectivity index (χ0) is 20.1. The number of rotatable bonds is 5. The lowest BCUT2D eigenvalue weighted by Crippen LogP contribution is -2.63. The van der Waals surface area contributed by atoms with Gasteiger partial charge in [0.25, 0.3) is 5.91 Å². The van der Waals surface area contributed by atoms with Crippen LogP contribution in [0, 0.1) is 11.3 Å². The molecular formula is C19H25N3O5. The number of hydrogen-bond donors (Lipinski definition) is 4. The molecule has 1 saturated heterocycles. The van der Waals surface area contributed by atoms with Gasteiger partial charge in [-0.1, -0.05) is 19.1 Å². The van der Waals surface area contributed by atoms with Gasteiger partial charge in [0.05, 0.1) is 6.10 Å². The molecule has 0 aromatic heterocycles. The van der Waals surface area contributed by atoms with Crippen molar-refractivity contribution in [1.29, 1.82) is 5.26 Å². The van der Waals surface area contributed by atoms with Gasteiger partial charge >= 0.3 is 0 Å². The molecule has 1 unspecified atom stereocenters. The van der Waals surface area contributed by atoms with E-state index in [1.54, 1.807) is 19.1 Å². The maximum atomic E-state index is 12.4. The molecule has 1 fully saturated rings. The summed E-state index contributed by atoms with van der Waals surface area (Å²) < 4.78 is 5.22. The van der Waals surface area contributed by atoms with Gasteiger partial charge in [-0.2, -0.15) is 5.26 Å². The largest absolute Gasteiger partial charge is 0.388 e. The first-order chi connectivity index (χ1) is 12.8. The minimum absolute atomic E-state index is 0.195. The molecule has 8 heteroatoms. The van der Waals surface area contributed by atoms with Crippen molar-refractivity contribution < 1.29 is 24.9 Å². The third-order valence-electron chi connectivity index (χ3n) is 4.51. The average Bonchev–Trinajstić information content (AvgIpc) is 2.66.